The molecular formula is C23H28INO4Si. The molecule has 4 rings (SSSR count). The van der Waals surface area contributed by atoms with Gasteiger partial charge in [-0.25, -0.2) is 0 Å². The number of rotatable bonds is 5. The molecule has 2 aromatic carbocycles. The van der Waals surface area contributed by atoms with Gasteiger partial charge in [-0.05, 0) is 64.9 Å². The van der Waals surface area contributed by atoms with Crippen LogP contribution in [0.25, 0.3) is 0 Å². The van der Waals surface area contributed by atoms with E-state index in [-0.39, 0.29) is 30.1 Å². The molecule has 2 aromatic rings. The number of carbonyl (C=O) groups is 1. The van der Waals surface area contributed by atoms with Crippen LogP contribution in [0.15, 0.2) is 42.5 Å². The summed E-state index contributed by atoms with van der Waals surface area (Å²) in [6.45, 7) is 6.86. The first kappa shape index (κ1) is 21.8. The third kappa shape index (κ3) is 3.21. The third-order valence-electron chi connectivity index (χ3n) is 6.97. The maximum absolute atomic E-state index is 13.3. The fourth-order valence-corrected chi connectivity index (χ4v) is 10.1. The second-order valence-electron chi connectivity index (χ2n) is 8.81. The summed E-state index contributed by atoms with van der Waals surface area (Å²) >= 11 is 2.28. The highest BCUT2D eigenvalue weighted by Crippen LogP contribution is 2.58. The SMILES string of the molecule is COc1ccc([Si](C)(C)[C@H]2[C@H](CCO)O[C@@]3(C(=O)Nc4ccc(I)cc43)[C@@H]2C)cc1. The molecule has 0 bridgehead atoms. The molecule has 2 aliphatic rings. The summed E-state index contributed by atoms with van der Waals surface area (Å²) in [5, 5.41) is 14.1. The Balaban J connectivity index is 1.81. The predicted molar refractivity (Wildman–Crippen MR) is 129 cm³/mol. The molecule has 0 aliphatic carbocycles. The van der Waals surface area contributed by atoms with E-state index in [2.05, 4.69) is 66.1 Å². The highest BCUT2D eigenvalue weighted by molar-refractivity contribution is 14.1. The standard InChI is InChI=1S/C23H28INO4Si/c1-14-21(30(3,4)17-8-6-16(28-2)7-9-17)20(11-12-26)29-23(14)18-13-15(24)5-10-19(18)25-22(23)27/h5-10,13-14,20-21,26H,11-12H2,1-4H3,(H,25,27)/t14-,20+,21-,23+/m1/s1. The van der Waals surface area contributed by atoms with Gasteiger partial charge in [0.2, 0.25) is 0 Å². The summed E-state index contributed by atoms with van der Waals surface area (Å²) in [7, 11) is -0.407. The lowest BCUT2D eigenvalue weighted by molar-refractivity contribution is -0.143. The Morgan fingerprint density at radius 1 is 1.23 bits per heavy atom. The van der Waals surface area contributed by atoms with Gasteiger partial charge in [-0.2, -0.15) is 0 Å². The number of methoxy groups -OCH3 is 1. The number of halogens is 1. The molecule has 5 nitrogen and oxygen atoms in total. The molecule has 4 atom stereocenters. The van der Waals surface area contributed by atoms with Crippen molar-refractivity contribution in [3.8, 4) is 5.75 Å². The molecule has 0 unspecified atom stereocenters. The Morgan fingerprint density at radius 2 is 1.93 bits per heavy atom. The zero-order valence-corrected chi connectivity index (χ0v) is 20.9. The van der Waals surface area contributed by atoms with Crippen LogP contribution in [0.4, 0.5) is 5.69 Å². The van der Waals surface area contributed by atoms with Gasteiger partial charge in [-0.3, -0.25) is 4.79 Å². The lowest BCUT2D eigenvalue weighted by Crippen LogP contribution is -2.51. The minimum absolute atomic E-state index is 0.0164. The van der Waals surface area contributed by atoms with Crippen LogP contribution in [-0.2, 0) is 15.1 Å². The summed E-state index contributed by atoms with van der Waals surface area (Å²) < 4.78 is 13.1. The van der Waals surface area contributed by atoms with E-state index >= 15 is 0 Å². The van der Waals surface area contributed by atoms with Crippen molar-refractivity contribution in [3.63, 3.8) is 0 Å². The highest BCUT2D eigenvalue weighted by Gasteiger charge is 2.64. The molecule has 1 amide bonds. The van der Waals surface area contributed by atoms with Gasteiger partial charge in [0.1, 0.15) is 5.75 Å². The first-order valence-corrected chi connectivity index (χ1v) is 14.5. The quantitative estimate of drug-likeness (QED) is 0.450. The van der Waals surface area contributed by atoms with Crippen molar-refractivity contribution in [2.45, 2.75) is 43.7 Å². The minimum atomic E-state index is -2.08. The molecule has 1 saturated heterocycles. The lowest BCUT2D eigenvalue weighted by Gasteiger charge is -2.37. The Kier molecular flexibility index (Phi) is 5.76. The Bertz CT molecular complexity index is 964. The average molecular weight is 537 g/mol. The van der Waals surface area contributed by atoms with E-state index in [0.717, 1.165) is 20.6 Å². The zero-order chi connectivity index (χ0) is 21.7. The molecule has 30 heavy (non-hydrogen) atoms. The maximum Gasteiger partial charge on any atom is 0.261 e. The van der Waals surface area contributed by atoms with Gasteiger partial charge in [0.05, 0.1) is 21.3 Å². The molecule has 2 heterocycles. The molecule has 1 spiro atoms. The molecule has 0 saturated carbocycles. The minimum Gasteiger partial charge on any atom is -0.497 e. The van der Waals surface area contributed by atoms with Crippen molar-refractivity contribution in [1.82, 2.24) is 0 Å². The topological polar surface area (TPSA) is 67.8 Å². The van der Waals surface area contributed by atoms with Crippen molar-refractivity contribution < 1.29 is 19.4 Å². The number of nitrogens with one attached hydrogen (secondary N) is 1. The number of ether oxygens (including phenoxy) is 2. The van der Waals surface area contributed by atoms with Gasteiger partial charge < -0.3 is 19.9 Å². The van der Waals surface area contributed by atoms with Crippen LogP contribution in [0.3, 0.4) is 0 Å². The van der Waals surface area contributed by atoms with Crippen molar-refractivity contribution in [3.05, 3.63) is 51.6 Å². The van der Waals surface area contributed by atoms with Crippen LogP contribution in [0.5, 0.6) is 5.75 Å². The number of fused-ring (bicyclic) bond motifs is 2. The number of hydrogen-bond donors (Lipinski definition) is 2. The Labute approximate surface area is 192 Å². The largest absolute Gasteiger partial charge is 0.497 e. The number of amides is 1. The lowest BCUT2D eigenvalue weighted by atomic mass is 9.82. The normalized spacial score (nSPS) is 27.9. The molecule has 7 heteroatoms. The second-order valence-corrected chi connectivity index (χ2v) is 14.7. The van der Waals surface area contributed by atoms with Crippen LogP contribution in [0.2, 0.25) is 18.6 Å². The molecule has 2 aliphatic heterocycles. The number of aliphatic hydroxyl groups excluding tert-OH is 1. The van der Waals surface area contributed by atoms with Crippen molar-refractivity contribution in [2.24, 2.45) is 5.92 Å². The average Bonchev–Trinajstić information content (AvgIpc) is 3.17. The van der Waals surface area contributed by atoms with Crippen LogP contribution >= 0.6 is 22.6 Å². The van der Waals surface area contributed by atoms with Gasteiger partial charge in [-0.1, -0.05) is 37.3 Å². The third-order valence-corrected chi connectivity index (χ3v) is 12.0. The molecule has 0 aromatic heterocycles. The number of hydrogen-bond acceptors (Lipinski definition) is 4. The van der Waals surface area contributed by atoms with Crippen LogP contribution in [0.1, 0.15) is 18.9 Å². The molecule has 0 radical (unpaired) electrons. The van der Waals surface area contributed by atoms with E-state index < -0.39 is 13.7 Å². The van der Waals surface area contributed by atoms with E-state index in [4.69, 9.17) is 9.47 Å². The second kappa shape index (κ2) is 7.92. The predicted octanol–water partition coefficient (Wildman–Crippen LogP) is 3.85. The van der Waals surface area contributed by atoms with Gasteiger partial charge in [0.25, 0.3) is 5.91 Å². The Morgan fingerprint density at radius 3 is 2.57 bits per heavy atom. The summed E-state index contributed by atoms with van der Waals surface area (Å²) in [6, 6.07) is 14.3. The molecule has 160 valence electrons. The van der Waals surface area contributed by atoms with Crippen molar-refractivity contribution in [2.75, 3.05) is 19.0 Å². The number of carbonyl (C=O) groups excluding carboxylic acids is 1. The summed E-state index contributed by atoms with van der Waals surface area (Å²) in [4.78, 5) is 13.3. The smallest absolute Gasteiger partial charge is 0.261 e. The fourth-order valence-electron chi connectivity index (χ4n) is 5.50. The van der Waals surface area contributed by atoms with E-state index in [1.54, 1.807) is 7.11 Å². The number of benzene rings is 2. The number of anilines is 1. The zero-order valence-electron chi connectivity index (χ0n) is 17.7. The van der Waals surface area contributed by atoms with E-state index in [9.17, 15) is 9.90 Å². The van der Waals surface area contributed by atoms with Gasteiger partial charge in [0.15, 0.2) is 5.60 Å². The maximum atomic E-state index is 13.3. The molecule has 1 fully saturated rings. The summed E-state index contributed by atoms with van der Waals surface area (Å²) in [6.07, 6.45) is 0.346. The Hall–Kier alpha value is -1.42. The summed E-state index contributed by atoms with van der Waals surface area (Å²) in [5.41, 5.74) is 0.932. The van der Waals surface area contributed by atoms with Crippen molar-refractivity contribution >= 4 is 47.4 Å². The monoisotopic (exact) mass is 537 g/mol. The highest BCUT2D eigenvalue weighted by atomic mass is 127. The number of aliphatic hydroxyl groups is 1. The first-order chi connectivity index (χ1) is 14.3. The van der Waals surface area contributed by atoms with E-state index in [1.165, 1.54) is 5.19 Å². The molecular weight excluding hydrogens is 509 g/mol. The first-order valence-electron chi connectivity index (χ1n) is 10.3. The van der Waals surface area contributed by atoms with Crippen molar-refractivity contribution in [1.29, 1.82) is 0 Å². The van der Waals surface area contributed by atoms with E-state index in [0.29, 0.717) is 6.42 Å². The van der Waals surface area contributed by atoms with E-state index in [1.807, 2.05) is 24.3 Å². The van der Waals surface area contributed by atoms with Gasteiger partial charge >= 0.3 is 0 Å². The fraction of sp³-hybridized carbons (Fsp3) is 0.435. The van der Waals surface area contributed by atoms with Crippen LogP contribution in [-0.4, -0.2) is 38.9 Å². The molecule has 2 N–H and O–H groups in total. The van der Waals surface area contributed by atoms with Crippen LogP contribution < -0.4 is 15.2 Å². The van der Waals surface area contributed by atoms with Crippen LogP contribution in [0, 0.1) is 9.49 Å². The summed E-state index contributed by atoms with van der Waals surface area (Å²) in [5.74, 6) is 0.732. The van der Waals surface area contributed by atoms with Gasteiger partial charge in [0, 0.05) is 27.3 Å². The van der Waals surface area contributed by atoms with Gasteiger partial charge in [-0.15, -0.1) is 0 Å².